The van der Waals surface area contributed by atoms with Crippen molar-refractivity contribution >= 4 is 5.97 Å². The number of aromatic nitrogens is 2. The first kappa shape index (κ1) is 16.3. The molecule has 1 aromatic heterocycles. The minimum absolute atomic E-state index is 0.0551. The molecule has 0 unspecified atom stereocenters. The van der Waals surface area contributed by atoms with E-state index in [-0.39, 0.29) is 24.0 Å². The molecule has 1 heterocycles. The summed E-state index contributed by atoms with van der Waals surface area (Å²) < 4.78 is 15.4. The first-order chi connectivity index (χ1) is 9.56. The molecule has 0 radical (unpaired) electrons. The number of hydrogen-bond donors (Lipinski definition) is 1. The summed E-state index contributed by atoms with van der Waals surface area (Å²) in [6.07, 6.45) is 1.39. The number of carboxylic acids is 1. The summed E-state index contributed by atoms with van der Waals surface area (Å²) in [6, 6.07) is 0. The lowest BCUT2D eigenvalue weighted by Crippen LogP contribution is -2.14. The van der Waals surface area contributed by atoms with Crippen LogP contribution in [0.1, 0.15) is 36.1 Å². The van der Waals surface area contributed by atoms with Gasteiger partial charge in [0.2, 0.25) is 0 Å². The van der Waals surface area contributed by atoms with Crippen LogP contribution in [-0.4, -0.2) is 54.6 Å². The van der Waals surface area contributed by atoms with E-state index in [0.717, 1.165) is 0 Å². The molecule has 0 spiro atoms. The Bertz CT molecular complexity index is 437. The van der Waals surface area contributed by atoms with Gasteiger partial charge in [-0.25, -0.2) is 14.8 Å². The lowest BCUT2D eigenvalue weighted by molar-refractivity contribution is 0.0532. The van der Waals surface area contributed by atoms with E-state index in [4.69, 9.17) is 19.3 Å². The maximum absolute atomic E-state index is 11.2. The molecule has 7 nitrogen and oxygen atoms in total. The van der Waals surface area contributed by atoms with Crippen LogP contribution >= 0.6 is 0 Å². The van der Waals surface area contributed by atoms with E-state index in [0.29, 0.717) is 25.6 Å². The number of ether oxygens (including phenoxy) is 3. The monoisotopic (exact) mass is 284 g/mol. The second-order valence-electron chi connectivity index (χ2n) is 4.35. The van der Waals surface area contributed by atoms with Crippen LogP contribution < -0.4 is 4.74 Å². The van der Waals surface area contributed by atoms with Crippen LogP contribution in [0.3, 0.4) is 0 Å². The number of aromatic carboxylic acids is 1. The molecule has 0 aliphatic heterocycles. The van der Waals surface area contributed by atoms with Crippen LogP contribution in [-0.2, 0) is 9.47 Å². The van der Waals surface area contributed by atoms with Crippen LogP contribution in [0.4, 0.5) is 0 Å². The number of methoxy groups -OCH3 is 1. The fraction of sp³-hybridized carbons (Fsp3) is 0.615. The van der Waals surface area contributed by atoms with Crippen LogP contribution in [0, 0.1) is 0 Å². The lowest BCUT2D eigenvalue weighted by atomic mass is 10.2. The highest BCUT2D eigenvalue weighted by Crippen LogP contribution is 2.18. The van der Waals surface area contributed by atoms with Crippen molar-refractivity contribution in [2.24, 2.45) is 0 Å². The normalized spacial score (nSPS) is 10.8. The van der Waals surface area contributed by atoms with E-state index in [1.54, 1.807) is 7.11 Å². The Morgan fingerprint density at radius 2 is 2.00 bits per heavy atom. The van der Waals surface area contributed by atoms with Gasteiger partial charge in [-0.3, -0.25) is 0 Å². The first-order valence-corrected chi connectivity index (χ1v) is 6.36. The van der Waals surface area contributed by atoms with Crippen molar-refractivity contribution in [2.75, 3.05) is 33.5 Å². The molecule has 0 aromatic carbocycles. The molecular formula is C13H20N2O5. The Morgan fingerprint density at radius 1 is 1.30 bits per heavy atom. The van der Waals surface area contributed by atoms with Gasteiger partial charge in [-0.2, -0.15) is 0 Å². The minimum atomic E-state index is -1.13. The predicted octanol–water partition coefficient (Wildman–Crippen LogP) is 1.34. The zero-order valence-electron chi connectivity index (χ0n) is 12.0. The van der Waals surface area contributed by atoms with Crippen molar-refractivity contribution in [3.63, 3.8) is 0 Å². The van der Waals surface area contributed by atoms with E-state index in [9.17, 15) is 4.79 Å². The van der Waals surface area contributed by atoms with Gasteiger partial charge in [0.15, 0.2) is 11.4 Å². The fourth-order valence-electron chi connectivity index (χ4n) is 1.38. The Morgan fingerprint density at radius 3 is 2.60 bits per heavy atom. The lowest BCUT2D eigenvalue weighted by Gasteiger charge is -2.10. The Labute approximate surface area is 117 Å². The van der Waals surface area contributed by atoms with Gasteiger partial charge in [0.05, 0.1) is 26.0 Å². The highest BCUT2D eigenvalue weighted by Gasteiger charge is 2.16. The summed E-state index contributed by atoms with van der Waals surface area (Å²) in [5, 5.41) is 9.13. The van der Waals surface area contributed by atoms with E-state index < -0.39 is 5.97 Å². The van der Waals surface area contributed by atoms with Crippen LogP contribution in [0.15, 0.2) is 6.20 Å². The average molecular weight is 284 g/mol. The topological polar surface area (TPSA) is 90.8 Å². The van der Waals surface area contributed by atoms with Crippen molar-refractivity contribution < 1.29 is 24.1 Å². The molecular weight excluding hydrogens is 264 g/mol. The predicted molar refractivity (Wildman–Crippen MR) is 71.3 cm³/mol. The summed E-state index contributed by atoms with van der Waals surface area (Å²) in [5.74, 6) is -0.451. The first-order valence-electron chi connectivity index (χ1n) is 6.36. The number of carbonyl (C=O) groups is 1. The smallest absolute Gasteiger partial charge is 0.358 e. The molecule has 0 aliphatic rings. The molecule has 7 heteroatoms. The van der Waals surface area contributed by atoms with Crippen molar-refractivity contribution in [1.29, 1.82) is 0 Å². The SMILES string of the molecule is COCCOCCOc1cnc(C(C)C)nc1C(=O)O. The summed E-state index contributed by atoms with van der Waals surface area (Å²) in [5.41, 5.74) is -0.124. The second-order valence-corrected chi connectivity index (χ2v) is 4.35. The molecule has 0 atom stereocenters. The minimum Gasteiger partial charge on any atom is -0.487 e. The Kier molecular flexibility index (Phi) is 6.89. The van der Waals surface area contributed by atoms with Gasteiger partial charge in [0.1, 0.15) is 12.4 Å². The molecule has 1 aromatic rings. The molecule has 112 valence electrons. The highest BCUT2D eigenvalue weighted by molar-refractivity contribution is 5.88. The average Bonchev–Trinajstić information content (AvgIpc) is 2.42. The summed E-state index contributed by atoms with van der Waals surface area (Å²) in [4.78, 5) is 19.2. The molecule has 0 fully saturated rings. The summed E-state index contributed by atoms with van der Waals surface area (Å²) in [7, 11) is 1.59. The van der Waals surface area contributed by atoms with Crippen molar-refractivity contribution in [1.82, 2.24) is 9.97 Å². The van der Waals surface area contributed by atoms with Crippen LogP contribution in [0.25, 0.3) is 0 Å². The van der Waals surface area contributed by atoms with E-state index in [1.807, 2.05) is 13.8 Å². The number of rotatable bonds is 9. The van der Waals surface area contributed by atoms with Crippen LogP contribution in [0.2, 0.25) is 0 Å². The number of carboxylic acid groups (broad SMARTS) is 1. The highest BCUT2D eigenvalue weighted by atomic mass is 16.5. The third kappa shape index (κ3) is 5.10. The van der Waals surface area contributed by atoms with Gasteiger partial charge in [-0.05, 0) is 0 Å². The Hall–Kier alpha value is -1.73. The zero-order valence-corrected chi connectivity index (χ0v) is 12.0. The molecule has 20 heavy (non-hydrogen) atoms. The van der Waals surface area contributed by atoms with Gasteiger partial charge in [0.25, 0.3) is 0 Å². The number of hydrogen-bond acceptors (Lipinski definition) is 6. The van der Waals surface area contributed by atoms with Crippen LogP contribution in [0.5, 0.6) is 5.75 Å². The number of nitrogens with zero attached hydrogens (tertiary/aromatic N) is 2. The molecule has 0 saturated carbocycles. The van der Waals surface area contributed by atoms with E-state index in [2.05, 4.69) is 9.97 Å². The van der Waals surface area contributed by atoms with Gasteiger partial charge in [-0.1, -0.05) is 13.8 Å². The molecule has 0 bridgehead atoms. The van der Waals surface area contributed by atoms with Crippen molar-refractivity contribution in [3.05, 3.63) is 17.7 Å². The van der Waals surface area contributed by atoms with E-state index in [1.165, 1.54) is 6.20 Å². The van der Waals surface area contributed by atoms with Gasteiger partial charge < -0.3 is 19.3 Å². The molecule has 1 N–H and O–H groups in total. The maximum atomic E-state index is 11.2. The fourth-order valence-corrected chi connectivity index (χ4v) is 1.38. The van der Waals surface area contributed by atoms with Gasteiger partial charge in [-0.15, -0.1) is 0 Å². The molecule has 0 aliphatic carbocycles. The summed E-state index contributed by atoms with van der Waals surface area (Å²) >= 11 is 0. The zero-order chi connectivity index (χ0) is 15.0. The molecule has 0 amide bonds. The quantitative estimate of drug-likeness (QED) is 0.684. The molecule has 1 rings (SSSR count). The van der Waals surface area contributed by atoms with Crippen molar-refractivity contribution in [2.45, 2.75) is 19.8 Å². The maximum Gasteiger partial charge on any atom is 0.358 e. The second kappa shape index (κ2) is 8.44. The molecule has 0 saturated heterocycles. The van der Waals surface area contributed by atoms with Gasteiger partial charge in [0, 0.05) is 13.0 Å². The third-order valence-corrected chi connectivity index (χ3v) is 2.41. The summed E-state index contributed by atoms with van der Waals surface area (Å²) in [6.45, 7) is 5.33. The van der Waals surface area contributed by atoms with E-state index >= 15 is 0 Å². The Balaban J connectivity index is 2.58. The standard InChI is InChI=1S/C13H20N2O5/c1-9(2)12-14-8-10(11(15-12)13(16)17)20-7-6-19-5-4-18-3/h8-9H,4-7H2,1-3H3,(H,16,17). The van der Waals surface area contributed by atoms with Gasteiger partial charge >= 0.3 is 5.97 Å². The third-order valence-electron chi connectivity index (χ3n) is 2.41. The largest absolute Gasteiger partial charge is 0.487 e. The van der Waals surface area contributed by atoms with Crippen molar-refractivity contribution in [3.8, 4) is 5.75 Å².